The molecule has 10 nitrogen and oxygen atoms in total. The van der Waals surface area contributed by atoms with E-state index in [1.54, 1.807) is 31.0 Å². The van der Waals surface area contributed by atoms with Gasteiger partial charge in [-0.2, -0.15) is 0 Å². The number of aromatic nitrogens is 3. The monoisotopic (exact) mass is 454 g/mol. The van der Waals surface area contributed by atoms with E-state index in [1.165, 1.54) is 17.3 Å². The molecule has 3 heterocycles. The number of rotatable bonds is 7. The molecule has 4 rings (SSSR count). The minimum absolute atomic E-state index is 0.0508. The first-order valence-electron chi connectivity index (χ1n) is 11.0. The number of nitrogens with zero attached hydrogens (tertiary/aromatic N) is 5. The van der Waals surface area contributed by atoms with Crippen LogP contribution in [0.2, 0.25) is 0 Å². The van der Waals surface area contributed by atoms with E-state index in [0.717, 1.165) is 43.0 Å². The van der Waals surface area contributed by atoms with Crippen LogP contribution in [0.3, 0.4) is 0 Å². The molecule has 0 radical (unpaired) electrons. The van der Waals surface area contributed by atoms with Gasteiger partial charge in [-0.05, 0) is 30.3 Å². The normalized spacial score (nSPS) is 14.6. The Labute approximate surface area is 191 Å². The second-order valence-corrected chi connectivity index (χ2v) is 8.26. The number of benzene rings is 1. The van der Waals surface area contributed by atoms with E-state index in [-0.39, 0.29) is 18.0 Å². The van der Waals surface area contributed by atoms with Crippen LogP contribution in [0.15, 0.2) is 46.1 Å². The lowest BCUT2D eigenvalue weighted by Crippen LogP contribution is -2.48. The third kappa shape index (κ3) is 4.65. The molecule has 1 fully saturated rings. The standard InChI is InChI=1S/C23H30N6O4/c1-25-21-19(22(31)26(2)23(25)32)8-10-29(21)16-20(30)24-9-11-27-12-14-28(15-13-27)17-4-6-18(33-3)7-5-17/h4-8,10H,9,11-16H2,1-3H3,(H,24,30). The highest BCUT2D eigenvalue weighted by Gasteiger charge is 2.18. The van der Waals surface area contributed by atoms with E-state index in [4.69, 9.17) is 4.74 Å². The summed E-state index contributed by atoms with van der Waals surface area (Å²) >= 11 is 0. The minimum atomic E-state index is -0.415. The van der Waals surface area contributed by atoms with Crippen LogP contribution in [0.1, 0.15) is 0 Å². The quantitative estimate of drug-likeness (QED) is 0.540. The molecule has 1 saturated heterocycles. The van der Waals surface area contributed by atoms with Gasteiger partial charge in [0.2, 0.25) is 5.91 Å². The van der Waals surface area contributed by atoms with Crippen LogP contribution in [0, 0.1) is 0 Å². The van der Waals surface area contributed by atoms with Crippen molar-refractivity contribution in [2.45, 2.75) is 6.54 Å². The largest absolute Gasteiger partial charge is 0.497 e. The van der Waals surface area contributed by atoms with Crippen molar-refractivity contribution < 1.29 is 9.53 Å². The molecule has 176 valence electrons. The van der Waals surface area contributed by atoms with E-state index < -0.39 is 5.69 Å². The van der Waals surface area contributed by atoms with Gasteiger partial charge in [0.15, 0.2) is 0 Å². The number of hydrogen-bond donors (Lipinski definition) is 1. The van der Waals surface area contributed by atoms with E-state index >= 15 is 0 Å². The lowest BCUT2D eigenvalue weighted by molar-refractivity contribution is -0.121. The van der Waals surface area contributed by atoms with Crippen molar-refractivity contribution in [1.29, 1.82) is 0 Å². The van der Waals surface area contributed by atoms with Crippen LogP contribution in [-0.4, -0.2) is 70.9 Å². The molecule has 1 amide bonds. The van der Waals surface area contributed by atoms with Crippen LogP contribution in [-0.2, 0) is 25.4 Å². The summed E-state index contributed by atoms with van der Waals surface area (Å²) < 4.78 is 9.33. The smallest absolute Gasteiger partial charge is 0.332 e. The molecule has 1 N–H and O–H groups in total. The molecule has 2 aromatic heterocycles. The summed E-state index contributed by atoms with van der Waals surface area (Å²) in [4.78, 5) is 41.7. The zero-order chi connectivity index (χ0) is 23.5. The van der Waals surface area contributed by atoms with Crippen molar-refractivity contribution in [3.05, 3.63) is 57.4 Å². The summed E-state index contributed by atoms with van der Waals surface area (Å²) in [6.07, 6.45) is 1.67. The molecule has 0 aliphatic carbocycles. The SMILES string of the molecule is COc1ccc(N2CCN(CCNC(=O)Cn3ccc4c(=O)n(C)c(=O)n(C)c43)CC2)cc1. The van der Waals surface area contributed by atoms with Gasteiger partial charge in [-0.15, -0.1) is 0 Å². The maximum atomic E-state index is 12.5. The fraction of sp³-hybridized carbons (Fsp3) is 0.435. The van der Waals surface area contributed by atoms with Gasteiger partial charge in [0.1, 0.15) is 17.9 Å². The lowest BCUT2D eigenvalue weighted by atomic mass is 10.2. The Morgan fingerprint density at radius 1 is 1.00 bits per heavy atom. The second-order valence-electron chi connectivity index (χ2n) is 8.26. The number of ether oxygens (including phenoxy) is 1. The number of hydrogen-bond acceptors (Lipinski definition) is 6. The van der Waals surface area contributed by atoms with Crippen molar-refractivity contribution in [3.63, 3.8) is 0 Å². The van der Waals surface area contributed by atoms with Crippen LogP contribution < -0.4 is 26.2 Å². The van der Waals surface area contributed by atoms with E-state index in [0.29, 0.717) is 17.6 Å². The molecule has 1 aliphatic heterocycles. The first-order valence-corrected chi connectivity index (χ1v) is 11.0. The zero-order valence-electron chi connectivity index (χ0n) is 19.3. The van der Waals surface area contributed by atoms with Crippen molar-refractivity contribution in [2.75, 3.05) is 51.3 Å². The Balaban J connectivity index is 1.27. The molecular formula is C23H30N6O4. The average molecular weight is 455 g/mol. The molecule has 0 unspecified atom stereocenters. The number of methoxy groups -OCH3 is 1. The van der Waals surface area contributed by atoms with Crippen LogP contribution >= 0.6 is 0 Å². The summed E-state index contributed by atoms with van der Waals surface area (Å²) in [7, 11) is 4.72. The Kier molecular flexibility index (Phi) is 6.55. The van der Waals surface area contributed by atoms with Crippen LogP contribution in [0.4, 0.5) is 5.69 Å². The van der Waals surface area contributed by atoms with E-state index in [9.17, 15) is 14.4 Å². The highest BCUT2D eigenvalue weighted by molar-refractivity contribution is 5.80. The fourth-order valence-corrected chi connectivity index (χ4v) is 4.30. The Morgan fingerprint density at radius 3 is 2.36 bits per heavy atom. The van der Waals surface area contributed by atoms with Gasteiger partial charge in [-0.1, -0.05) is 0 Å². The predicted octanol–water partition coefficient (Wildman–Crippen LogP) is -0.0143. The first kappa shape index (κ1) is 22.7. The van der Waals surface area contributed by atoms with E-state index in [1.807, 2.05) is 12.1 Å². The van der Waals surface area contributed by atoms with Crippen molar-refractivity contribution >= 4 is 22.6 Å². The topological polar surface area (TPSA) is 93.7 Å². The molecule has 0 bridgehead atoms. The number of fused-ring (bicyclic) bond motifs is 1. The van der Waals surface area contributed by atoms with Gasteiger partial charge in [0, 0.05) is 65.2 Å². The summed E-state index contributed by atoms with van der Waals surface area (Å²) in [5, 5.41) is 3.37. The minimum Gasteiger partial charge on any atom is -0.497 e. The Bertz CT molecular complexity index is 1250. The molecule has 0 atom stereocenters. The van der Waals surface area contributed by atoms with Crippen molar-refractivity contribution in [2.24, 2.45) is 14.1 Å². The number of nitrogens with one attached hydrogen (secondary N) is 1. The third-order valence-corrected chi connectivity index (χ3v) is 6.23. The zero-order valence-corrected chi connectivity index (χ0v) is 19.3. The molecular weight excluding hydrogens is 424 g/mol. The molecule has 1 aromatic carbocycles. The van der Waals surface area contributed by atoms with Crippen molar-refractivity contribution in [1.82, 2.24) is 23.9 Å². The summed E-state index contributed by atoms with van der Waals surface area (Å²) in [5.41, 5.74) is 0.863. The van der Waals surface area contributed by atoms with Crippen LogP contribution in [0.25, 0.3) is 11.0 Å². The maximum Gasteiger partial charge on any atom is 0.332 e. The Hall–Kier alpha value is -3.53. The molecule has 3 aromatic rings. The van der Waals surface area contributed by atoms with Crippen molar-refractivity contribution in [3.8, 4) is 5.75 Å². The lowest BCUT2D eigenvalue weighted by Gasteiger charge is -2.36. The van der Waals surface area contributed by atoms with Gasteiger partial charge in [-0.3, -0.25) is 23.6 Å². The molecule has 1 aliphatic rings. The second kappa shape index (κ2) is 9.53. The van der Waals surface area contributed by atoms with Gasteiger partial charge >= 0.3 is 5.69 Å². The number of aryl methyl sites for hydroxylation is 1. The number of anilines is 1. The Morgan fingerprint density at radius 2 is 1.70 bits per heavy atom. The predicted molar refractivity (Wildman–Crippen MR) is 127 cm³/mol. The number of piperazine rings is 1. The van der Waals surface area contributed by atoms with Gasteiger partial charge in [-0.25, -0.2) is 4.79 Å². The highest BCUT2D eigenvalue weighted by Crippen LogP contribution is 2.20. The maximum absolute atomic E-state index is 12.5. The van der Waals surface area contributed by atoms with Gasteiger partial charge < -0.3 is 19.5 Å². The third-order valence-electron chi connectivity index (χ3n) is 6.23. The number of amides is 1. The molecule has 33 heavy (non-hydrogen) atoms. The van der Waals surface area contributed by atoms with Crippen LogP contribution in [0.5, 0.6) is 5.75 Å². The molecule has 0 saturated carbocycles. The van der Waals surface area contributed by atoms with Gasteiger partial charge in [0.25, 0.3) is 5.56 Å². The van der Waals surface area contributed by atoms with Gasteiger partial charge in [0.05, 0.1) is 12.5 Å². The highest BCUT2D eigenvalue weighted by atomic mass is 16.5. The first-order chi connectivity index (χ1) is 15.9. The number of carbonyl (C=O) groups is 1. The summed E-state index contributed by atoms with van der Waals surface area (Å²) in [6, 6.07) is 9.74. The molecule has 10 heteroatoms. The van der Waals surface area contributed by atoms with E-state index in [2.05, 4.69) is 27.2 Å². The average Bonchev–Trinajstić information content (AvgIpc) is 3.25. The summed E-state index contributed by atoms with van der Waals surface area (Å²) in [6.45, 7) is 5.08. The summed E-state index contributed by atoms with van der Waals surface area (Å²) in [5.74, 6) is 0.697. The fourth-order valence-electron chi connectivity index (χ4n) is 4.30. The number of carbonyl (C=O) groups excluding carboxylic acids is 1. The molecule has 0 spiro atoms.